The normalized spacial score (nSPS) is 19.2. The van der Waals surface area contributed by atoms with Crippen LogP contribution in [0.15, 0.2) is 12.1 Å². The van der Waals surface area contributed by atoms with Gasteiger partial charge in [-0.25, -0.2) is 0 Å². The van der Waals surface area contributed by atoms with Crippen molar-refractivity contribution < 1.29 is 4.74 Å². The number of hydrogen-bond acceptors (Lipinski definition) is 4. The van der Waals surface area contributed by atoms with Gasteiger partial charge in [-0.3, -0.25) is 0 Å². The van der Waals surface area contributed by atoms with E-state index in [1.54, 1.807) is 0 Å². The lowest BCUT2D eigenvalue weighted by atomic mass is 9.85. The highest BCUT2D eigenvalue weighted by Crippen LogP contribution is 2.32. The fourth-order valence-electron chi connectivity index (χ4n) is 2.64. The number of pyridine rings is 1. The van der Waals surface area contributed by atoms with Gasteiger partial charge in [-0.05, 0) is 57.6 Å². The van der Waals surface area contributed by atoms with Gasteiger partial charge < -0.3 is 15.4 Å². The summed E-state index contributed by atoms with van der Waals surface area (Å²) in [6.45, 7) is 12.8. The summed E-state index contributed by atoms with van der Waals surface area (Å²) in [7, 11) is 0. The summed E-state index contributed by atoms with van der Waals surface area (Å²) in [6, 6.07) is 3.91. The van der Waals surface area contributed by atoms with Gasteiger partial charge >= 0.3 is 0 Å². The highest BCUT2D eigenvalue weighted by atomic mass is 16.5. The van der Waals surface area contributed by atoms with Crippen molar-refractivity contribution in [2.24, 2.45) is 5.41 Å². The van der Waals surface area contributed by atoms with E-state index >= 15 is 0 Å². The Bertz CT molecular complexity index is 491. The number of hydrogen-bond donors (Lipinski definition) is 1. The van der Waals surface area contributed by atoms with E-state index in [2.05, 4.69) is 23.7 Å². The van der Waals surface area contributed by atoms with Crippen molar-refractivity contribution >= 4 is 11.5 Å². The quantitative estimate of drug-likeness (QED) is 0.899. The summed E-state index contributed by atoms with van der Waals surface area (Å²) in [5.41, 5.74) is 6.73. The molecule has 0 saturated carbocycles. The Balaban J connectivity index is 2.18. The molecule has 0 aliphatic carbocycles. The highest BCUT2D eigenvalue weighted by molar-refractivity contribution is 5.54. The molecule has 4 nitrogen and oxygen atoms in total. The van der Waals surface area contributed by atoms with Crippen LogP contribution in [0.3, 0.4) is 0 Å². The van der Waals surface area contributed by atoms with E-state index < -0.39 is 0 Å². The minimum absolute atomic E-state index is 0.291. The summed E-state index contributed by atoms with van der Waals surface area (Å²) in [6.07, 6.45) is 3.66. The first-order valence-corrected chi connectivity index (χ1v) is 7.87. The lowest BCUT2D eigenvalue weighted by Crippen LogP contribution is -2.27. The minimum atomic E-state index is -0.291. The number of nitrogen functional groups attached to an aromatic ring is 1. The van der Waals surface area contributed by atoms with Gasteiger partial charge in [0, 0.05) is 13.1 Å². The number of ether oxygens (including phenoxy) is 1. The number of nitrogens with zero attached hydrogens (tertiary/aromatic N) is 2. The molecule has 118 valence electrons. The zero-order chi connectivity index (χ0) is 15.7. The Hall–Kier alpha value is -1.45. The molecule has 1 aliphatic heterocycles. The van der Waals surface area contributed by atoms with Crippen LogP contribution in [-0.4, -0.2) is 23.7 Å². The van der Waals surface area contributed by atoms with Gasteiger partial charge in [0.1, 0.15) is 11.4 Å². The SMILES string of the molecule is CC1(C)CCCN(c2ccc(N)c(OC(C)(C)C)n2)CC1. The zero-order valence-corrected chi connectivity index (χ0v) is 14.1. The molecule has 0 amide bonds. The summed E-state index contributed by atoms with van der Waals surface area (Å²) in [5.74, 6) is 1.52. The van der Waals surface area contributed by atoms with E-state index in [1.807, 2.05) is 32.9 Å². The van der Waals surface area contributed by atoms with Crippen molar-refractivity contribution in [1.82, 2.24) is 4.98 Å². The maximum Gasteiger partial charge on any atom is 0.239 e. The molecule has 0 radical (unpaired) electrons. The van der Waals surface area contributed by atoms with Gasteiger partial charge in [-0.15, -0.1) is 0 Å². The molecule has 21 heavy (non-hydrogen) atoms. The van der Waals surface area contributed by atoms with Gasteiger partial charge in [-0.1, -0.05) is 13.8 Å². The molecule has 1 fully saturated rings. The Morgan fingerprint density at radius 3 is 2.57 bits per heavy atom. The molecule has 0 aromatic carbocycles. The predicted molar refractivity (Wildman–Crippen MR) is 88.9 cm³/mol. The Kier molecular flexibility index (Phi) is 4.35. The van der Waals surface area contributed by atoms with Crippen LogP contribution in [0.1, 0.15) is 53.9 Å². The minimum Gasteiger partial charge on any atom is -0.470 e. The zero-order valence-electron chi connectivity index (χ0n) is 14.1. The van der Waals surface area contributed by atoms with E-state index in [0.717, 1.165) is 18.9 Å². The fourth-order valence-corrected chi connectivity index (χ4v) is 2.64. The van der Waals surface area contributed by atoms with Crippen LogP contribution in [0.25, 0.3) is 0 Å². The van der Waals surface area contributed by atoms with Crippen molar-refractivity contribution in [3.63, 3.8) is 0 Å². The number of rotatable bonds is 2. The highest BCUT2D eigenvalue weighted by Gasteiger charge is 2.24. The third kappa shape index (κ3) is 4.51. The molecular formula is C17H29N3O. The average molecular weight is 291 g/mol. The standard InChI is InChI=1S/C17H29N3O/c1-16(2,3)21-15-13(18)7-8-14(19-15)20-11-6-9-17(4,5)10-12-20/h7-8H,6,9-12,18H2,1-5H3. The molecule has 0 spiro atoms. The monoisotopic (exact) mass is 291 g/mol. The summed E-state index contributed by atoms with van der Waals surface area (Å²) in [4.78, 5) is 7.00. The van der Waals surface area contributed by atoms with Gasteiger partial charge in [0.15, 0.2) is 0 Å². The van der Waals surface area contributed by atoms with E-state index in [0.29, 0.717) is 17.0 Å². The molecule has 1 saturated heterocycles. The van der Waals surface area contributed by atoms with Crippen LogP contribution < -0.4 is 15.4 Å². The lowest BCUT2D eigenvalue weighted by molar-refractivity contribution is 0.125. The molecule has 0 bridgehead atoms. The molecule has 2 N–H and O–H groups in total. The molecule has 1 aliphatic rings. The number of anilines is 2. The summed E-state index contributed by atoms with van der Waals surface area (Å²) >= 11 is 0. The van der Waals surface area contributed by atoms with Crippen molar-refractivity contribution in [2.75, 3.05) is 23.7 Å². The molecule has 0 atom stereocenters. The maximum atomic E-state index is 5.99. The van der Waals surface area contributed by atoms with E-state index in [-0.39, 0.29) is 5.60 Å². The third-order valence-corrected chi connectivity index (χ3v) is 3.94. The predicted octanol–water partition coefficient (Wildman–Crippen LogP) is 3.86. The van der Waals surface area contributed by atoms with Gasteiger partial charge in [0.05, 0.1) is 5.69 Å². The van der Waals surface area contributed by atoms with Crippen LogP contribution in [0.4, 0.5) is 11.5 Å². The summed E-state index contributed by atoms with van der Waals surface area (Å²) in [5, 5.41) is 0. The average Bonchev–Trinajstić information content (AvgIpc) is 2.51. The van der Waals surface area contributed by atoms with Crippen molar-refractivity contribution in [1.29, 1.82) is 0 Å². The second kappa shape index (κ2) is 5.74. The topological polar surface area (TPSA) is 51.4 Å². The van der Waals surface area contributed by atoms with Crippen molar-refractivity contribution in [3.05, 3.63) is 12.1 Å². The van der Waals surface area contributed by atoms with Gasteiger partial charge in [0.2, 0.25) is 5.88 Å². The van der Waals surface area contributed by atoms with Crippen LogP contribution in [0.5, 0.6) is 5.88 Å². The van der Waals surface area contributed by atoms with Gasteiger partial charge in [0.25, 0.3) is 0 Å². The van der Waals surface area contributed by atoms with Crippen molar-refractivity contribution in [2.45, 2.75) is 59.5 Å². The largest absolute Gasteiger partial charge is 0.470 e. The first-order chi connectivity index (χ1) is 9.66. The summed E-state index contributed by atoms with van der Waals surface area (Å²) < 4.78 is 5.87. The van der Waals surface area contributed by atoms with E-state index in [4.69, 9.17) is 10.5 Å². The molecule has 1 aromatic heterocycles. The molecular weight excluding hydrogens is 262 g/mol. The third-order valence-electron chi connectivity index (χ3n) is 3.94. The molecule has 2 rings (SSSR count). The van der Waals surface area contributed by atoms with Crippen LogP contribution in [0, 0.1) is 5.41 Å². The molecule has 4 heteroatoms. The van der Waals surface area contributed by atoms with E-state index in [9.17, 15) is 0 Å². The fraction of sp³-hybridized carbons (Fsp3) is 0.706. The number of aromatic nitrogens is 1. The number of nitrogens with two attached hydrogens (primary N) is 1. The molecule has 2 heterocycles. The van der Waals surface area contributed by atoms with E-state index in [1.165, 1.54) is 19.3 Å². The maximum absolute atomic E-state index is 5.99. The smallest absolute Gasteiger partial charge is 0.239 e. The first-order valence-electron chi connectivity index (χ1n) is 7.87. The lowest BCUT2D eigenvalue weighted by Gasteiger charge is -2.26. The Morgan fingerprint density at radius 2 is 1.90 bits per heavy atom. The second-order valence-corrected chi connectivity index (χ2v) is 7.78. The molecule has 0 unspecified atom stereocenters. The van der Waals surface area contributed by atoms with Crippen LogP contribution in [0.2, 0.25) is 0 Å². The van der Waals surface area contributed by atoms with Gasteiger partial charge in [-0.2, -0.15) is 4.98 Å². The molecule has 1 aromatic rings. The van der Waals surface area contributed by atoms with Crippen molar-refractivity contribution in [3.8, 4) is 5.88 Å². The Labute approximate surface area is 128 Å². The second-order valence-electron chi connectivity index (χ2n) is 7.78. The Morgan fingerprint density at radius 1 is 1.19 bits per heavy atom. The first kappa shape index (κ1) is 15.9. The van der Waals surface area contributed by atoms with Crippen LogP contribution in [-0.2, 0) is 0 Å². The van der Waals surface area contributed by atoms with Crippen LogP contribution >= 0.6 is 0 Å².